The summed E-state index contributed by atoms with van der Waals surface area (Å²) in [5.74, 6) is 1.32. The van der Waals surface area contributed by atoms with E-state index in [9.17, 15) is 4.79 Å². The Morgan fingerprint density at radius 3 is 2.77 bits per heavy atom. The zero-order valence-electron chi connectivity index (χ0n) is 17.7. The first kappa shape index (κ1) is 20.9. The zero-order chi connectivity index (χ0) is 20.8. The molecule has 2 aromatic heterocycles. The quantitative estimate of drug-likeness (QED) is 0.434. The maximum Gasteiger partial charge on any atom is 0.289 e. The number of fused-ring (bicyclic) bond motifs is 1. The minimum atomic E-state index is -0.0345. The first-order chi connectivity index (χ1) is 14.7. The number of hydrogen-bond acceptors (Lipinski definition) is 5. The van der Waals surface area contributed by atoms with E-state index < -0.39 is 0 Å². The average Bonchev–Trinajstić information content (AvgIpc) is 3.45. The van der Waals surface area contributed by atoms with Gasteiger partial charge in [-0.1, -0.05) is 0 Å². The molecular formula is C22H31N5O2S. The Bertz CT molecular complexity index is 830. The lowest BCUT2D eigenvalue weighted by Crippen LogP contribution is -2.53. The lowest BCUT2D eigenvalue weighted by atomic mass is 10.0. The van der Waals surface area contributed by atoms with Gasteiger partial charge in [-0.3, -0.25) is 9.79 Å². The van der Waals surface area contributed by atoms with Gasteiger partial charge in [-0.25, -0.2) is 4.98 Å². The largest absolute Gasteiger partial charge is 0.459 e. The molecule has 1 aliphatic carbocycles. The highest BCUT2D eigenvalue weighted by atomic mass is 32.1. The van der Waals surface area contributed by atoms with E-state index in [2.05, 4.69) is 17.1 Å². The summed E-state index contributed by atoms with van der Waals surface area (Å²) in [6.45, 7) is 6.62. The Balaban J connectivity index is 1.26. The van der Waals surface area contributed by atoms with Crippen molar-refractivity contribution in [1.82, 2.24) is 20.1 Å². The fourth-order valence-electron chi connectivity index (χ4n) is 4.03. The fourth-order valence-corrected chi connectivity index (χ4v) is 5.23. The molecule has 3 heterocycles. The number of carbonyl (C=O) groups is 1. The molecule has 162 valence electrons. The molecule has 2 aliphatic rings. The van der Waals surface area contributed by atoms with Crippen molar-refractivity contribution in [1.29, 1.82) is 0 Å². The minimum Gasteiger partial charge on any atom is -0.459 e. The lowest BCUT2D eigenvalue weighted by molar-refractivity contribution is 0.0657. The number of piperazine rings is 1. The van der Waals surface area contributed by atoms with Crippen LogP contribution in [0.3, 0.4) is 0 Å². The standard InChI is InChI=1S/C22H31N5O2S/c1-2-23-22(24-11-5-10-20-25-17-7-3-4-9-19(17)30-20)27-14-12-26(13-15-27)21(28)18-8-6-16-29-18/h6,8,16H,2-5,7,9-15H2,1H3,(H,23,24). The molecule has 1 fully saturated rings. The number of nitrogens with zero attached hydrogens (tertiary/aromatic N) is 4. The summed E-state index contributed by atoms with van der Waals surface area (Å²) < 4.78 is 5.24. The highest BCUT2D eigenvalue weighted by molar-refractivity contribution is 7.11. The molecule has 0 atom stereocenters. The molecule has 1 aliphatic heterocycles. The maximum atomic E-state index is 12.4. The summed E-state index contributed by atoms with van der Waals surface area (Å²) in [6.07, 6.45) is 8.52. The summed E-state index contributed by atoms with van der Waals surface area (Å²) in [5.41, 5.74) is 1.35. The third kappa shape index (κ3) is 5.03. The molecule has 4 rings (SSSR count). The summed E-state index contributed by atoms with van der Waals surface area (Å²) >= 11 is 1.90. The van der Waals surface area contributed by atoms with Crippen LogP contribution in [0.1, 0.15) is 52.3 Å². The summed E-state index contributed by atoms with van der Waals surface area (Å²) in [7, 11) is 0. The Labute approximate surface area is 182 Å². The van der Waals surface area contributed by atoms with Crippen LogP contribution in [0.2, 0.25) is 0 Å². The number of guanidine groups is 1. The number of aliphatic imine (C=N–C) groups is 1. The highest BCUT2D eigenvalue weighted by Crippen LogP contribution is 2.27. The van der Waals surface area contributed by atoms with Crippen LogP contribution in [-0.4, -0.2) is 65.9 Å². The second-order valence-electron chi connectivity index (χ2n) is 7.78. The van der Waals surface area contributed by atoms with E-state index in [0.29, 0.717) is 18.8 Å². The van der Waals surface area contributed by atoms with E-state index in [-0.39, 0.29) is 5.91 Å². The van der Waals surface area contributed by atoms with Gasteiger partial charge in [0.05, 0.1) is 17.0 Å². The predicted molar refractivity (Wildman–Crippen MR) is 119 cm³/mol. The van der Waals surface area contributed by atoms with E-state index in [0.717, 1.165) is 51.4 Å². The van der Waals surface area contributed by atoms with Crippen LogP contribution >= 0.6 is 11.3 Å². The molecule has 2 aromatic rings. The maximum absolute atomic E-state index is 12.4. The number of nitrogens with one attached hydrogen (secondary N) is 1. The van der Waals surface area contributed by atoms with Crippen molar-refractivity contribution in [3.05, 3.63) is 39.7 Å². The van der Waals surface area contributed by atoms with E-state index in [1.807, 2.05) is 16.2 Å². The van der Waals surface area contributed by atoms with Crippen molar-refractivity contribution >= 4 is 23.2 Å². The van der Waals surface area contributed by atoms with E-state index in [4.69, 9.17) is 14.4 Å². The topological polar surface area (TPSA) is 74.0 Å². The van der Waals surface area contributed by atoms with Crippen LogP contribution in [0.25, 0.3) is 0 Å². The number of aromatic nitrogens is 1. The van der Waals surface area contributed by atoms with E-state index in [1.54, 1.807) is 18.4 Å². The van der Waals surface area contributed by atoms with Gasteiger partial charge in [0, 0.05) is 50.6 Å². The van der Waals surface area contributed by atoms with Gasteiger partial charge >= 0.3 is 0 Å². The molecule has 0 spiro atoms. The SMILES string of the molecule is CCNC(=NCCCc1nc2c(s1)CCCC2)N1CCN(C(=O)c2ccco2)CC1. The van der Waals surface area contributed by atoms with E-state index >= 15 is 0 Å². The van der Waals surface area contributed by atoms with Crippen LogP contribution in [0.15, 0.2) is 27.8 Å². The molecule has 1 saturated heterocycles. The first-order valence-corrected chi connectivity index (χ1v) is 11.9. The molecule has 1 N–H and O–H groups in total. The Hall–Kier alpha value is -2.35. The van der Waals surface area contributed by atoms with Gasteiger partial charge in [-0.05, 0) is 51.2 Å². The first-order valence-electron chi connectivity index (χ1n) is 11.1. The Kier molecular flexibility index (Phi) is 7.04. The van der Waals surface area contributed by atoms with E-state index in [1.165, 1.54) is 34.8 Å². The van der Waals surface area contributed by atoms with Gasteiger partial charge in [0.15, 0.2) is 11.7 Å². The van der Waals surface area contributed by atoms with Crippen LogP contribution < -0.4 is 5.32 Å². The minimum absolute atomic E-state index is 0.0345. The van der Waals surface area contributed by atoms with Gasteiger partial charge in [0.1, 0.15) is 0 Å². The molecule has 0 aromatic carbocycles. The molecule has 8 heteroatoms. The summed E-state index contributed by atoms with van der Waals surface area (Å²) in [5, 5.41) is 4.67. The number of amides is 1. The van der Waals surface area contributed by atoms with Gasteiger partial charge < -0.3 is 19.5 Å². The third-order valence-electron chi connectivity index (χ3n) is 5.63. The number of aryl methyl sites for hydroxylation is 3. The molecule has 7 nitrogen and oxygen atoms in total. The Morgan fingerprint density at radius 1 is 1.23 bits per heavy atom. The predicted octanol–water partition coefficient (Wildman–Crippen LogP) is 2.97. The van der Waals surface area contributed by atoms with Gasteiger partial charge in [-0.15, -0.1) is 11.3 Å². The van der Waals surface area contributed by atoms with Crippen molar-refractivity contribution in [2.75, 3.05) is 39.3 Å². The van der Waals surface area contributed by atoms with Crippen molar-refractivity contribution in [3.8, 4) is 0 Å². The van der Waals surface area contributed by atoms with Gasteiger partial charge in [-0.2, -0.15) is 0 Å². The number of carbonyl (C=O) groups excluding carboxylic acids is 1. The normalized spacial score (nSPS) is 17.2. The smallest absolute Gasteiger partial charge is 0.289 e. The number of furan rings is 1. The summed E-state index contributed by atoms with van der Waals surface area (Å²) in [6, 6.07) is 3.47. The van der Waals surface area contributed by atoms with Crippen LogP contribution in [-0.2, 0) is 19.3 Å². The van der Waals surface area contributed by atoms with Crippen molar-refractivity contribution in [3.63, 3.8) is 0 Å². The molecule has 30 heavy (non-hydrogen) atoms. The molecule has 0 radical (unpaired) electrons. The third-order valence-corrected chi connectivity index (χ3v) is 6.85. The number of hydrogen-bond donors (Lipinski definition) is 1. The number of rotatable bonds is 6. The van der Waals surface area contributed by atoms with Gasteiger partial charge in [0.2, 0.25) is 0 Å². The molecule has 0 bridgehead atoms. The molecule has 0 unspecified atom stereocenters. The van der Waals surface area contributed by atoms with Crippen molar-refractivity contribution < 1.29 is 9.21 Å². The molecular weight excluding hydrogens is 398 g/mol. The average molecular weight is 430 g/mol. The summed E-state index contributed by atoms with van der Waals surface area (Å²) in [4.78, 5) is 27.7. The van der Waals surface area contributed by atoms with Gasteiger partial charge in [0.25, 0.3) is 5.91 Å². The monoisotopic (exact) mass is 429 g/mol. The van der Waals surface area contributed by atoms with Crippen molar-refractivity contribution in [2.24, 2.45) is 4.99 Å². The fraction of sp³-hybridized carbons (Fsp3) is 0.591. The molecule has 1 amide bonds. The van der Waals surface area contributed by atoms with Crippen LogP contribution in [0.5, 0.6) is 0 Å². The second kappa shape index (κ2) is 10.1. The lowest BCUT2D eigenvalue weighted by Gasteiger charge is -2.36. The Morgan fingerprint density at radius 2 is 2.03 bits per heavy atom. The van der Waals surface area contributed by atoms with Crippen LogP contribution in [0.4, 0.5) is 0 Å². The molecule has 0 saturated carbocycles. The highest BCUT2D eigenvalue weighted by Gasteiger charge is 2.25. The van der Waals surface area contributed by atoms with Crippen LogP contribution in [0, 0.1) is 0 Å². The second-order valence-corrected chi connectivity index (χ2v) is 8.95. The zero-order valence-corrected chi connectivity index (χ0v) is 18.5. The van der Waals surface area contributed by atoms with Crippen molar-refractivity contribution in [2.45, 2.75) is 45.4 Å². The number of thiazole rings is 1.